The van der Waals surface area contributed by atoms with Gasteiger partial charge >= 0.3 is 0 Å². The van der Waals surface area contributed by atoms with Crippen LogP contribution in [0, 0.1) is 5.92 Å². The van der Waals surface area contributed by atoms with E-state index in [9.17, 15) is 8.42 Å². The Kier molecular flexibility index (Phi) is 5.18. The van der Waals surface area contributed by atoms with Gasteiger partial charge < -0.3 is 5.73 Å². The first-order valence-electron chi connectivity index (χ1n) is 7.34. The maximum atomic E-state index is 12.4. The summed E-state index contributed by atoms with van der Waals surface area (Å²) in [5.74, 6) is 0.412. The Hall–Kier alpha value is -0.910. The van der Waals surface area contributed by atoms with E-state index >= 15 is 0 Å². The van der Waals surface area contributed by atoms with Gasteiger partial charge in [-0.2, -0.15) is 0 Å². The van der Waals surface area contributed by atoms with E-state index in [1.807, 2.05) is 12.1 Å². The average molecular weight is 296 g/mol. The quantitative estimate of drug-likeness (QED) is 0.873. The molecule has 1 saturated carbocycles. The lowest BCUT2D eigenvalue weighted by molar-refractivity contribution is 0.310. The normalized spacial score (nSPS) is 23.7. The minimum Gasteiger partial charge on any atom is -0.330 e. The summed E-state index contributed by atoms with van der Waals surface area (Å²) in [5.41, 5.74) is 6.56. The van der Waals surface area contributed by atoms with Gasteiger partial charge in [0.1, 0.15) is 0 Å². The van der Waals surface area contributed by atoms with Crippen molar-refractivity contribution in [1.82, 2.24) is 4.72 Å². The second-order valence-electron chi connectivity index (χ2n) is 5.67. The fourth-order valence-corrected chi connectivity index (χ4v) is 4.14. The van der Waals surface area contributed by atoms with Crippen molar-refractivity contribution >= 4 is 10.0 Å². The van der Waals surface area contributed by atoms with E-state index in [1.165, 1.54) is 6.42 Å². The zero-order chi connectivity index (χ0) is 14.6. The summed E-state index contributed by atoms with van der Waals surface area (Å²) < 4.78 is 27.6. The van der Waals surface area contributed by atoms with Gasteiger partial charge in [0.05, 0.1) is 4.90 Å². The molecule has 2 atom stereocenters. The van der Waals surface area contributed by atoms with Crippen LogP contribution in [0.2, 0.25) is 0 Å². The molecule has 2 rings (SSSR count). The molecule has 4 nitrogen and oxygen atoms in total. The van der Waals surface area contributed by atoms with E-state index in [0.717, 1.165) is 31.2 Å². The van der Waals surface area contributed by atoms with Crippen molar-refractivity contribution in [2.45, 2.75) is 50.0 Å². The third-order valence-electron chi connectivity index (χ3n) is 4.08. The number of hydrogen-bond acceptors (Lipinski definition) is 3. The number of nitrogens with one attached hydrogen (secondary N) is 1. The van der Waals surface area contributed by atoms with Crippen molar-refractivity contribution in [2.75, 3.05) is 6.54 Å². The van der Waals surface area contributed by atoms with Gasteiger partial charge in [0.15, 0.2) is 0 Å². The molecule has 0 aromatic heterocycles. The zero-order valence-electron chi connectivity index (χ0n) is 12.0. The Bertz CT molecular complexity index is 525. The third kappa shape index (κ3) is 3.81. The van der Waals surface area contributed by atoms with Gasteiger partial charge in [-0.25, -0.2) is 13.1 Å². The van der Waals surface area contributed by atoms with E-state index in [0.29, 0.717) is 17.4 Å². The number of hydrogen-bond donors (Lipinski definition) is 2. The third-order valence-corrected chi connectivity index (χ3v) is 5.59. The monoisotopic (exact) mass is 296 g/mol. The van der Waals surface area contributed by atoms with Gasteiger partial charge in [-0.1, -0.05) is 31.9 Å². The Morgan fingerprint density at radius 2 is 1.85 bits per heavy atom. The molecule has 1 fully saturated rings. The Labute approximate surface area is 121 Å². The Morgan fingerprint density at radius 3 is 2.45 bits per heavy atom. The summed E-state index contributed by atoms with van der Waals surface area (Å²) in [6, 6.07) is 7.08. The van der Waals surface area contributed by atoms with Crippen molar-refractivity contribution in [2.24, 2.45) is 11.7 Å². The van der Waals surface area contributed by atoms with Gasteiger partial charge in [-0.3, -0.25) is 0 Å². The summed E-state index contributed by atoms with van der Waals surface area (Å²) in [7, 11) is -3.41. The van der Waals surface area contributed by atoms with Crippen LogP contribution in [0.3, 0.4) is 0 Å². The first-order valence-corrected chi connectivity index (χ1v) is 8.82. The summed E-state index contributed by atoms with van der Waals surface area (Å²) in [5, 5.41) is 0. The topological polar surface area (TPSA) is 72.2 Å². The summed E-state index contributed by atoms with van der Waals surface area (Å²) in [6.45, 7) is 2.70. The molecule has 1 aromatic rings. The fourth-order valence-electron chi connectivity index (χ4n) is 2.76. The molecule has 112 valence electrons. The first kappa shape index (κ1) is 15.5. The van der Waals surface area contributed by atoms with Gasteiger partial charge in [-0.15, -0.1) is 0 Å². The van der Waals surface area contributed by atoms with Gasteiger partial charge in [-0.05, 0) is 49.4 Å². The summed E-state index contributed by atoms with van der Waals surface area (Å²) in [6.07, 6.45) is 5.11. The van der Waals surface area contributed by atoms with Crippen LogP contribution < -0.4 is 10.5 Å². The minimum atomic E-state index is -3.41. The van der Waals surface area contributed by atoms with Crippen LogP contribution in [0.1, 0.15) is 38.2 Å². The smallest absolute Gasteiger partial charge is 0.240 e. The molecular formula is C15H24N2O2S. The van der Waals surface area contributed by atoms with Gasteiger partial charge in [0, 0.05) is 6.04 Å². The first-order chi connectivity index (χ1) is 9.53. The highest BCUT2D eigenvalue weighted by Crippen LogP contribution is 2.25. The summed E-state index contributed by atoms with van der Waals surface area (Å²) in [4.78, 5) is 0.344. The number of sulfonamides is 1. The standard InChI is InChI=1S/C15H24N2O2S/c1-12-4-2-3-5-15(12)17-20(18,19)14-8-6-13(7-9-14)10-11-16/h6-9,12,15,17H,2-5,10-11,16H2,1H3. The highest BCUT2D eigenvalue weighted by Gasteiger charge is 2.26. The second-order valence-corrected chi connectivity index (χ2v) is 7.39. The number of rotatable bonds is 5. The largest absolute Gasteiger partial charge is 0.330 e. The molecule has 0 radical (unpaired) electrons. The molecule has 0 heterocycles. The molecule has 0 saturated heterocycles. The van der Waals surface area contributed by atoms with Crippen LogP contribution >= 0.6 is 0 Å². The van der Waals surface area contributed by atoms with Crippen LogP contribution in [-0.4, -0.2) is 21.0 Å². The lowest BCUT2D eigenvalue weighted by Crippen LogP contribution is -2.40. The molecule has 1 aliphatic rings. The molecule has 1 aliphatic carbocycles. The van der Waals surface area contributed by atoms with E-state index in [2.05, 4.69) is 11.6 Å². The van der Waals surface area contributed by atoms with E-state index in [4.69, 9.17) is 5.73 Å². The Balaban J connectivity index is 2.09. The molecule has 2 unspecified atom stereocenters. The molecule has 0 bridgehead atoms. The van der Waals surface area contributed by atoms with Crippen LogP contribution in [0.5, 0.6) is 0 Å². The van der Waals surface area contributed by atoms with Gasteiger partial charge in [0.2, 0.25) is 10.0 Å². The van der Waals surface area contributed by atoms with E-state index < -0.39 is 10.0 Å². The molecule has 1 aromatic carbocycles. The fraction of sp³-hybridized carbons (Fsp3) is 0.600. The predicted octanol–water partition coefficient (Wildman–Crippen LogP) is 2.04. The SMILES string of the molecule is CC1CCCCC1NS(=O)(=O)c1ccc(CCN)cc1. The second kappa shape index (κ2) is 6.70. The van der Waals surface area contributed by atoms with Crippen LogP contribution in [0.15, 0.2) is 29.2 Å². The molecule has 0 spiro atoms. The lowest BCUT2D eigenvalue weighted by atomic mass is 9.87. The van der Waals surface area contributed by atoms with Crippen molar-refractivity contribution in [3.63, 3.8) is 0 Å². The summed E-state index contributed by atoms with van der Waals surface area (Å²) >= 11 is 0. The average Bonchev–Trinajstić information content (AvgIpc) is 2.42. The van der Waals surface area contributed by atoms with E-state index in [-0.39, 0.29) is 6.04 Å². The van der Waals surface area contributed by atoms with Crippen molar-refractivity contribution in [3.8, 4) is 0 Å². The predicted molar refractivity (Wildman–Crippen MR) is 80.9 cm³/mol. The molecular weight excluding hydrogens is 272 g/mol. The Morgan fingerprint density at radius 1 is 1.20 bits per heavy atom. The van der Waals surface area contributed by atoms with Crippen molar-refractivity contribution in [3.05, 3.63) is 29.8 Å². The van der Waals surface area contributed by atoms with Crippen LogP contribution in [-0.2, 0) is 16.4 Å². The molecule has 0 aliphatic heterocycles. The molecule has 5 heteroatoms. The molecule has 3 N–H and O–H groups in total. The maximum absolute atomic E-state index is 12.4. The van der Waals surface area contributed by atoms with Crippen molar-refractivity contribution < 1.29 is 8.42 Å². The highest BCUT2D eigenvalue weighted by atomic mass is 32.2. The van der Waals surface area contributed by atoms with Crippen LogP contribution in [0.4, 0.5) is 0 Å². The zero-order valence-corrected chi connectivity index (χ0v) is 12.8. The lowest BCUT2D eigenvalue weighted by Gasteiger charge is -2.29. The van der Waals surface area contributed by atoms with E-state index in [1.54, 1.807) is 12.1 Å². The maximum Gasteiger partial charge on any atom is 0.240 e. The van der Waals surface area contributed by atoms with Gasteiger partial charge in [0.25, 0.3) is 0 Å². The minimum absolute atomic E-state index is 0.0671. The molecule has 20 heavy (non-hydrogen) atoms. The number of benzene rings is 1. The van der Waals surface area contributed by atoms with Crippen molar-refractivity contribution in [1.29, 1.82) is 0 Å². The molecule has 0 amide bonds. The number of nitrogens with two attached hydrogens (primary N) is 1. The van der Waals surface area contributed by atoms with Crippen LogP contribution in [0.25, 0.3) is 0 Å². The highest BCUT2D eigenvalue weighted by molar-refractivity contribution is 7.89.